The van der Waals surface area contributed by atoms with Gasteiger partial charge >= 0.3 is 12.7 Å². The lowest BCUT2D eigenvalue weighted by molar-refractivity contribution is -0.0506. The number of hydrogen-bond donors (Lipinski definition) is 1. The minimum atomic E-state index is -3.05. The molecule has 0 bridgehead atoms. The van der Waals surface area contributed by atoms with Gasteiger partial charge in [0.1, 0.15) is 23.0 Å². The molecule has 1 aliphatic rings. The summed E-state index contributed by atoms with van der Waals surface area (Å²) in [5.74, 6) is -0.178. The first kappa shape index (κ1) is 23.7. The van der Waals surface area contributed by atoms with E-state index in [1.54, 1.807) is 37.5 Å². The second-order valence-electron chi connectivity index (χ2n) is 8.58. The highest BCUT2D eigenvalue weighted by Gasteiger charge is 2.39. The fourth-order valence-electron chi connectivity index (χ4n) is 3.98. The summed E-state index contributed by atoms with van der Waals surface area (Å²) in [5.41, 5.74) is 0.473. The zero-order chi connectivity index (χ0) is 24.1. The third-order valence-corrected chi connectivity index (χ3v) is 6.03. The summed E-state index contributed by atoms with van der Waals surface area (Å²) < 4.78 is 52.5. The molecular weight excluding hydrogens is 527 g/mol. The molecule has 33 heavy (non-hydrogen) atoms. The lowest BCUT2D eigenvalue weighted by Crippen LogP contribution is -2.34. The number of ether oxygens (including phenoxy) is 2. The van der Waals surface area contributed by atoms with Crippen LogP contribution in [0.4, 0.5) is 18.0 Å². The van der Waals surface area contributed by atoms with Gasteiger partial charge < -0.3 is 19.4 Å². The maximum absolute atomic E-state index is 14.2. The molecule has 2 aromatic carbocycles. The van der Waals surface area contributed by atoms with Gasteiger partial charge in [-0.2, -0.15) is 8.78 Å². The van der Waals surface area contributed by atoms with Gasteiger partial charge in [-0.05, 0) is 54.9 Å². The first-order valence-corrected chi connectivity index (χ1v) is 11.2. The van der Waals surface area contributed by atoms with Crippen LogP contribution in [0.25, 0.3) is 11.0 Å². The average molecular weight is 547 g/mol. The normalized spacial score (nSPS) is 18.0. The van der Waals surface area contributed by atoms with Gasteiger partial charge in [0, 0.05) is 23.1 Å². The van der Waals surface area contributed by atoms with Gasteiger partial charge in [0.15, 0.2) is 0 Å². The van der Waals surface area contributed by atoms with Crippen LogP contribution in [0.2, 0.25) is 5.02 Å². The van der Waals surface area contributed by atoms with Crippen molar-refractivity contribution in [3.63, 3.8) is 0 Å². The van der Waals surface area contributed by atoms with Crippen LogP contribution in [0, 0.1) is 5.82 Å². The van der Waals surface area contributed by atoms with E-state index < -0.39 is 36.2 Å². The third kappa shape index (κ3) is 4.77. The molecule has 0 aliphatic carbocycles. The monoisotopic (exact) mass is 545 g/mol. The molecule has 0 spiro atoms. The van der Waals surface area contributed by atoms with Crippen LogP contribution in [0.3, 0.4) is 0 Å². The highest BCUT2D eigenvalue weighted by atomic mass is 79.9. The number of amides is 1. The number of carbonyl (C=O) groups excluding carboxylic acids is 1. The minimum Gasteiger partial charge on any atom is -0.444 e. The number of benzene rings is 2. The van der Waals surface area contributed by atoms with Crippen molar-refractivity contribution >= 4 is 44.7 Å². The van der Waals surface area contributed by atoms with Gasteiger partial charge in [0.05, 0.1) is 27.6 Å². The number of aromatic nitrogens is 2. The topological polar surface area (TPSA) is 65.4 Å². The van der Waals surface area contributed by atoms with Gasteiger partial charge in [0.25, 0.3) is 0 Å². The summed E-state index contributed by atoms with van der Waals surface area (Å²) in [6.07, 6.45) is -0.419. The van der Waals surface area contributed by atoms with Crippen molar-refractivity contribution in [2.75, 3.05) is 0 Å². The Bertz CT molecular complexity index is 1230. The molecule has 2 heterocycles. The standard InChI is InChI=1S/C22H20BrClF3N3O3/c1-22(2,3)33-21(31)29-14-9-16(18-11(24)5-4-6-17(18)32-20(26)27)30-15-7-10(23)12(25)8-13(15)28-19(14)30/h4-8,14,16,20H,9H2,1-3H3,(H,29,31)/t14-,16-/m1/s1. The fraction of sp³-hybridized carbons (Fsp3) is 0.364. The number of imidazole rings is 1. The lowest BCUT2D eigenvalue weighted by Gasteiger charge is -2.22. The average Bonchev–Trinajstić information content (AvgIpc) is 3.18. The van der Waals surface area contributed by atoms with E-state index in [4.69, 9.17) is 21.1 Å². The summed E-state index contributed by atoms with van der Waals surface area (Å²) in [7, 11) is 0. The van der Waals surface area contributed by atoms with E-state index in [-0.39, 0.29) is 21.7 Å². The molecule has 1 aromatic heterocycles. The van der Waals surface area contributed by atoms with Crippen molar-refractivity contribution in [3.05, 3.63) is 57.0 Å². The molecule has 4 rings (SSSR count). The van der Waals surface area contributed by atoms with Crippen molar-refractivity contribution in [1.82, 2.24) is 14.9 Å². The third-order valence-electron chi connectivity index (χ3n) is 5.09. The number of fused-ring (bicyclic) bond motifs is 3. The molecule has 0 radical (unpaired) electrons. The molecular formula is C22H20BrClF3N3O3. The van der Waals surface area contributed by atoms with Gasteiger partial charge in [-0.25, -0.2) is 14.2 Å². The molecule has 0 saturated heterocycles. The van der Waals surface area contributed by atoms with Crippen molar-refractivity contribution in [1.29, 1.82) is 0 Å². The van der Waals surface area contributed by atoms with E-state index in [1.807, 2.05) is 0 Å². The maximum Gasteiger partial charge on any atom is 0.408 e. The van der Waals surface area contributed by atoms with E-state index in [2.05, 4.69) is 26.2 Å². The van der Waals surface area contributed by atoms with Crippen LogP contribution in [0.5, 0.6) is 5.75 Å². The Hall–Kier alpha value is -2.46. The molecule has 1 amide bonds. The molecule has 11 heteroatoms. The van der Waals surface area contributed by atoms with Crippen LogP contribution in [-0.4, -0.2) is 27.9 Å². The number of nitrogens with zero attached hydrogens (tertiary/aromatic N) is 2. The molecule has 3 aromatic rings. The first-order valence-electron chi connectivity index (χ1n) is 10.0. The van der Waals surface area contributed by atoms with Crippen molar-refractivity contribution < 1.29 is 27.4 Å². The zero-order valence-corrected chi connectivity index (χ0v) is 20.2. The van der Waals surface area contributed by atoms with Crippen molar-refractivity contribution in [2.45, 2.75) is 51.5 Å². The highest BCUT2D eigenvalue weighted by molar-refractivity contribution is 9.10. The first-order chi connectivity index (χ1) is 15.4. The number of carbonyl (C=O) groups is 1. The van der Waals surface area contributed by atoms with E-state index in [1.165, 1.54) is 18.2 Å². The van der Waals surface area contributed by atoms with E-state index in [0.717, 1.165) is 0 Å². The van der Waals surface area contributed by atoms with E-state index in [9.17, 15) is 18.0 Å². The maximum atomic E-state index is 14.2. The molecule has 0 saturated carbocycles. The smallest absolute Gasteiger partial charge is 0.408 e. The zero-order valence-electron chi connectivity index (χ0n) is 17.8. The van der Waals surface area contributed by atoms with Crippen LogP contribution >= 0.6 is 27.5 Å². The number of nitrogens with one attached hydrogen (secondary N) is 1. The highest BCUT2D eigenvalue weighted by Crippen LogP contribution is 2.47. The number of alkyl halides is 2. The Morgan fingerprint density at radius 2 is 2.06 bits per heavy atom. The summed E-state index contributed by atoms with van der Waals surface area (Å²) in [5, 5.41) is 2.99. The second-order valence-corrected chi connectivity index (χ2v) is 9.84. The molecule has 2 atom stereocenters. The summed E-state index contributed by atoms with van der Waals surface area (Å²) in [6, 6.07) is 6.02. The molecule has 0 unspecified atom stereocenters. The molecule has 6 nitrogen and oxygen atoms in total. The Morgan fingerprint density at radius 1 is 1.33 bits per heavy atom. The largest absolute Gasteiger partial charge is 0.444 e. The Kier molecular flexibility index (Phi) is 6.26. The van der Waals surface area contributed by atoms with Crippen LogP contribution in [0.15, 0.2) is 34.8 Å². The minimum absolute atomic E-state index is 0.0885. The van der Waals surface area contributed by atoms with Gasteiger partial charge in [-0.15, -0.1) is 0 Å². The van der Waals surface area contributed by atoms with Gasteiger partial charge in [-0.3, -0.25) is 0 Å². The number of hydrogen-bond acceptors (Lipinski definition) is 4. The van der Waals surface area contributed by atoms with E-state index in [0.29, 0.717) is 22.4 Å². The predicted octanol–water partition coefficient (Wildman–Crippen LogP) is 6.75. The van der Waals surface area contributed by atoms with Crippen molar-refractivity contribution in [3.8, 4) is 5.75 Å². The van der Waals surface area contributed by atoms with Crippen LogP contribution in [-0.2, 0) is 4.74 Å². The number of alkyl carbamates (subject to hydrolysis) is 1. The Labute approximate surface area is 201 Å². The van der Waals surface area contributed by atoms with Crippen LogP contribution < -0.4 is 10.1 Å². The molecule has 1 N–H and O–H groups in total. The number of rotatable bonds is 4. The van der Waals surface area contributed by atoms with Gasteiger partial charge in [-0.1, -0.05) is 17.7 Å². The SMILES string of the molecule is CC(C)(C)OC(=O)N[C@@H]1C[C@H](c2c(Cl)cccc2OC(F)F)n2c1nc1cc(F)c(Br)cc12. The second kappa shape index (κ2) is 8.72. The van der Waals surface area contributed by atoms with Crippen molar-refractivity contribution in [2.24, 2.45) is 0 Å². The number of halogens is 5. The Morgan fingerprint density at radius 3 is 2.73 bits per heavy atom. The summed E-state index contributed by atoms with van der Waals surface area (Å²) >= 11 is 9.61. The predicted molar refractivity (Wildman–Crippen MR) is 120 cm³/mol. The lowest BCUT2D eigenvalue weighted by atomic mass is 10.0. The quantitative estimate of drug-likeness (QED) is 0.393. The van der Waals surface area contributed by atoms with E-state index >= 15 is 0 Å². The van der Waals surface area contributed by atoms with Crippen LogP contribution in [0.1, 0.15) is 50.7 Å². The summed E-state index contributed by atoms with van der Waals surface area (Å²) in [4.78, 5) is 17.0. The molecule has 1 aliphatic heterocycles. The Balaban J connectivity index is 1.85. The molecule has 0 fully saturated rings. The summed E-state index contributed by atoms with van der Waals surface area (Å²) in [6.45, 7) is 2.15. The fourth-order valence-corrected chi connectivity index (χ4v) is 4.60. The van der Waals surface area contributed by atoms with Gasteiger partial charge in [0.2, 0.25) is 0 Å². The molecule has 176 valence electrons.